The van der Waals surface area contributed by atoms with E-state index in [4.69, 9.17) is 0 Å². The molecule has 3 heterocycles. The van der Waals surface area contributed by atoms with Crippen molar-refractivity contribution in [1.29, 1.82) is 0 Å². The molecule has 3 N–H and O–H groups in total. The summed E-state index contributed by atoms with van der Waals surface area (Å²) in [5, 5.41) is 8.69. The molecule has 3 aliphatic heterocycles. The largest absolute Gasteiger partial charge is 0.354 e. The molecule has 196 valence electrons. The summed E-state index contributed by atoms with van der Waals surface area (Å²) >= 11 is 0. The van der Waals surface area contributed by atoms with Crippen molar-refractivity contribution in [2.75, 3.05) is 45.0 Å². The summed E-state index contributed by atoms with van der Waals surface area (Å²) in [5.74, 6) is -2.50. The summed E-state index contributed by atoms with van der Waals surface area (Å²) < 4.78 is 25.5. The van der Waals surface area contributed by atoms with Gasteiger partial charge in [-0.15, -0.1) is 0 Å². The maximum atomic E-state index is 13.4. The van der Waals surface area contributed by atoms with Crippen molar-refractivity contribution in [3.8, 4) is 0 Å². The zero-order valence-electron chi connectivity index (χ0n) is 20.1. The van der Waals surface area contributed by atoms with Crippen LogP contribution in [-0.2, 0) is 29.0 Å². The van der Waals surface area contributed by atoms with E-state index in [0.29, 0.717) is 38.9 Å². The number of piperazine rings is 1. The summed E-state index contributed by atoms with van der Waals surface area (Å²) in [4.78, 5) is 54.8. The van der Waals surface area contributed by atoms with Crippen LogP contribution in [0.1, 0.15) is 25.7 Å². The Balaban J connectivity index is 1.49. The fourth-order valence-corrected chi connectivity index (χ4v) is 6.19. The van der Waals surface area contributed by atoms with Crippen molar-refractivity contribution in [1.82, 2.24) is 25.8 Å². The Labute approximate surface area is 210 Å². The molecule has 3 saturated heterocycles. The van der Waals surface area contributed by atoms with Crippen molar-refractivity contribution in [3.63, 3.8) is 0 Å². The zero-order chi connectivity index (χ0) is 25.7. The van der Waals surface area contributed by atoms with Gasteiger partial charge in [-0.3, -0.25) is 19.2 Å². The SMILES string of the molecule is O=C1NCCC[C@@H]1NC(=O)[C@H]1CN(C(=O)CS(=O)(=O)c2ccccc2)CCN1C(=O)C1CCNCC1. The second-order valence-electron chi connectivity index (χ2n) is 9.48. The van der Waals surface area contributed by atoms with Crippen LogP contribution in [-0.4, -0.2) is 99.0 Å². The first-order valence-corrected chi connectivity index (χ1v) is 14.1. The first kappa shape index (κ1) is 26.1. The van der Waals surface area contributed by atoms with Gasteiger partial charge in [0, 0.05) is 25.6 Å². The molecule has 0 radical (unpaired) electrons. The van der Waals surface area contributed by atoms with Gasteiger partial charge in [-0.2, -0.15) is 0 Å². The highest BCUT2D eigenvalue weighted by Gasteiger charge is 2.41. The molecule has 2 atom stereocenters. The first-order valence-electron chi connectivity index (χ1n) is 12.4. The lowest BCUT2D eigenvalue weighted by atomic mass is 9.95. The number of rotatable bonds is 6. The minimum Gasteiger partial charge on any atom is -0.354 e. The van der Waals surface area contributed by atoms with Crippen molar-refractivity contribution < 1.29 is 27.6 Å². The Morgan fingerprint density at radius 3 is 2.42 bits per heavy atom. The Morgan fingerprint density at radius 1 is 1.00 bits per heavy atom. The number of carbonyl (C=O) groups excluding carboxylic acids is 4. The van der Waals surface area contributed by atoms with E-state index in [1.54, 1.807) is 18.2 Å². The molecule has 0 aliphatic carbocycles. The van der Waals surface area contributed by atoms with E-state index in [9.17, 15) is 27.6 Å². The first-order chi connectivity index (χ1) is 17.3. The molecule has 36 heavy (non-hydrogen) atoms. The third-order valence-electron chi connectivity index (χ3n) is 7.02. The standard InChI is InChI=1S/C24H33N5O6S/c30-21(16-36(34,35)18-5-2-1-3-6-18)28-13-14-29(24(33)17-8-11-25-12-9-17)20(15-28)23(32)27-19-7-4-10-26-22(19)31/h1-3,5-6,17,19-20,25H,4,7-16H2,(H,26,31)(H,27,32)/t19-,20+/m0/s1. The van der Waals surface area contributed by atoms with Crippen LogP contribution in [0.4, 0.5) is 0 Å². The number of benzene rings is 1. The quantitative estimate of drug-likeness (QED) is 0.432. The molecular formula is C24H33N5O6S. The number of hydrogen-bond donors (Lipinski definition) is 3. The molecule has 3 fully saturated rings. The van der Waals surface area contributed by atoms with Crippen molar-refractivity contribution >= 4 is 33.5 Å². The number of piperidine rings is 2. The summed E-state index contributed by atoms with van der Waals surface area (Å²) in [6.45, 7) is 2.10. The van der Waals surface area contributed by atoms with Crippen molar-refractivity contribution in [2.24, 2.45) is 5.92 Å². The fraction of sp³-hybridized carbons (Fsp3) is 0.583. The molecule has 0 aromatic heterocycles. The summed E-state index contributed by atoms with van der Waals surface area (Å²) in [6, 6.07) is 6.03. The number of nitrogens with one attached hydrogen (secondary N) is 3. The molecule has 12 heteroatoms. The van der Waals surface area contributed by atoms with E-state index in [1.807, 2.05) is 0 Å². The van der Waals surface area contributed by atoms with Gasteiger partial charge in [0.05, 0.1) is 11.4 Å². The Morgan fingerprint density at radius 2 is 1.72 bits per heavy atom. The van der Waals surface area contributed by atoms with Gasteiger partial charge in [-0.05, 0) is 50.9 Å². The second kappa shape index (κ2) is 11.4. The highest BCUT2D eigenvalue weighted by atomic mass is 32.2. The molecule has 1 aromatic rings. The van der Waals surface area contributed by atoms with Gasteiger partial charge < -0.3 is 25.8 Å². The van der Waals surface area contributed by atoms with Gasteiger partial charge in [0.15, 0.2) is 9.84 Å². The van der Waals surface area contributed by atoms with Crippen LogP contribution in [0.15, 0.2) is 35.2 Å². The van der Waals surface area contributed by atoms with E-state index in [0.717, 1.165) is 6.42 Å². The highest BCUT2D eigenvalue weighted by molar-refractivity contribution is 7.92. The van der Waals surface area contributed by atoms with Crippen LogP contribution >= 0.6 is 0 Å². The van der Waals surface area contributed by atoms with Crippen LogP contribution in [0.25, 0.3) is 0 Å². The van der Waals surface area contributed by atoms with Crippen molar-refractivity contribution in [3.05, 3.63) is 30.3 Å². The average Bonchev–Trinajstić information content (AvgIpc) is 2.90. The van der Waals surface area contributed by atoms with Crippen LogP contribution < -0.4 is 16.0 Å². The van der Waals surface area contributed by atoms with Gasteiger partial charge in [0.1, 0.15) is 17.8 Å². The lowest BCUT2D eigenvalue weighted by Gasteiger charge is -2.42. The predicted octanol–water partition coefficient (Wildman–Crippen LogP) is -1.11. The Hall–Kier alpha value is -2.99. The average molecular weight is 520 g/mol. The Bertz CT molecular complexity index is 1090. The molecule has 0 unspecified atom stereocenters. The fourth-order valence-electron chi connectivity index (χ4n) is 4.94. The molecule has 4 amide bonds. The highest BCUT2D eigenvalue weighted by Crippen LogP contribution is 2.21. The third-order valence-corrected chi connectivity index (χ3v) is 8.64. The third kappa shape index (κ3) is 6.04. The molecule has 0 spiro atoms. The second-order valence-corrected chi connectivity index (χ2v) is 11.5. The predicted molar refractivity (Wildman–Crippen MR) is 130 cm³/mol. The number of carbonyl (C=O) groups is 4. The normalized spacial score (nSPS) is 23.6. The number of sulfone groups is 1. The summed E-state index contributed by atoms with van der Waals surface area (Å²) in [5.41, 5.74) is 0. The smallest absolute Gasteiger partial charge is 0.245 e. The summed E-state index contributed by atoms with van der Waals surface area (Å²) in [6.07, 6.45) is 2.53. The lowest BCUT2D eigenvalue weighted by Crippen LogP contribution is -2.64. The zero-order valence-corrected chi connectivity index (χ0v) is 21.0. The molecule has 11 nitrogen and oxygen atoms in total. The number of hydrogen-bond acceptors (Lipinski definition) is 7. The van der Waals surface area contributed by atoms with Crippen LogP contribution in [0.5, 0.6) is 0 Å². The molecule has 0 saturated carbocycles. The molecule has 3 aliphatic rings. The molecular weight excluding hydrogens is 486 g/mol. The minimum atomic E-state index is -3.86. The van der Waals surface area contributed by atoms with E-state index >= 15 is 0 Å². The Kier molecular flexibility index (Phi) is 8.24. The van der Waals surface area contributed by atoms with E-state index in [2.05, 4.69) is 16.0 Å². The maximum Gasteiger partial charge on any atom is 0.245 e. The minimum absolute atomic E-state index is 0.0516. The van der Waals surface area contributed by atoms with E-state index in [-0.39, 0.29) is 42.3 Å². The van der Waals surface area contributed by atoms with Gasteiger partial charge in [0.2, 0.25) is 23.6 Å². The molecule has 4 rings (SSSR count). The molecule has 0 bridgehead atoms. The van der Waals surface area contributed by atoms with Gasteiger partial charge >= 0.3 is 0 Å². The topological polar surface area (TPSA) is 145 Å². The van der Waals surface area contributed by atoms with Gasteiger partial charge in [-0.25, -0.2) is 8.42 Å². The lowest BCUT2D eigenvalue weighted by molar-refractivity contribution is -0.151. The van der Waals surface area contributed by atoms with Crippen LogP contribution in [0, 0.1) is 5.92 Å². The van der Waals surface area contributed by atoms with Crippen molar-refractivity contribution in [2.45, 2.75) is 42.7 Å². The monoisotopic (exact) mass is 519 g/mol. The number of amides is 4. The maximum absolute atomic E-state index is 13.4. The molecule has 1 aromatic carbocycles. The van der Waals surface area contributed by atoms with Crippen LogP contribution in [0.3, 0.4) is 0 Å². The van der Waals surface area contributed by atoms with Gasteiger partial charge in [-0.1, -0.05) is 18.2 Å². The number of nitrogens with zero attached hydrogens (tertiary/aromatic N) is 2. The van der Waals surface area contributed by atoms with E-state index < -0.39 is 39.5 Å². The summed E-state index contributed by atoms with van der Waals surface area (Å²) in [7, 11) is -3.86. The van der Waals surface area contributed by atoms with Crippen LogP contribution in [0.2, 0.25) is 0 Å². The van der Waals surface area contributed by atoms with Gasteiger partial charge in [0.25, 0.3) is 0 Å². The van der Waals surface area contributed by atoms with E-state index in [1.165, 1.54) is 21.9 Å².